The van der Waals surface area contributed by atoms with Crippen molar-refractivity contribution in [3.8, 4) is 0 Å². The lowest BCUT2D eigenvalue weighted by Gasteiger charge is -2.33. The lowest BCUT2D eigenvalue weighted by atomic mass is 9.87. The quantitative estimate of drug-likeness (QED) is 0.301. The molecular weight excluding hydrogens is 456 g/mol. The highest BCUT2D eigenvalue weighted by molar-refractivity contribution is 5.88. The van der Waals surface area contributed by atoms with E-state index in [-0.39, 0.29) is 24.2 Å². The molecular formula is C33H34N2O2. The topological polar surface area (TPSA) is 49.4 Å². The van der Waals surface area contributed by atoms with E-state index in [0.29, 0.717) is 13.0 Å². The summed E-state index contributed by atoms with van der Waals surface area (Å²) in [7, 11) is 1.63. The maximum Gasteiger partial charge on any atom is 0.242 e. The molecule has 2 amide bonds. The first-order valence-corrected chi connectivity index (χ1v) is 12.8. The molecule has 188 valence electrons. The average molecular weight is 491 g/mol. The molecule has 4 aromatic rings. The van der Waals surface area contributed by atoms with Crippen LogP contribution in [0.2, 0.25) is 0 Å². The molecule has 4 aromatic carbocycles. The maximum absolute atomic E-state index is 14.2. The van der Waals surface area contributed by atoms with E-state index in [2.05, 4.69) is 29.6 Å². The fourth-order valence-electron chi connectivity index (χ4n) is 4.78. The fraction of sp³-hybridized carbons (Fsp3) is 0.212. The van der Waals surface area contributed by atoms with Crippen LogP contribution in [0, 0.1) is 6.92 Å². The van der Waals surface area contributed by atoms with Crippen LogP contribution in [-0.2, 0) is 22.6 Å². The van der Waals surface area contributed by atoms with E-state index in [1.165, 1.54) is 0 Å². The van der Waals surface area contributed by atoms with Crippen LogP contribution in [0.5, 0.6) is 0 Å². The lowest BCUT2D eigenvalue weighted by molar-refractivity contribution is -0.141. The minimum atomic E-state index is -0.633. The van der Waals surface area contributed by atoms with Gasteiger partial charge in [0.1, 0.15) is 6.04 Å². The summed E-state index contributed by atoms with van der Waals surface area (Å²) in [5.41, 5.74) is 5.31. The van der Waals surface area contributed by atoms with Crippen LogP contribution in [0.4, 0.5) is 0 Å². The zero-order valence-electron chi connectivity index (χ0n) is 21.5. The Labute approximate surface area is 220 Å². The fourth-order valence-corrected chi connectivity index (χ4v) is 4.78. The van der Waals surface area contributed by atoms with Gasteiger partial charge in [-0.3, -0.25) is 9.59 Å². The summed E-state index contributed by atoms with van der Waals surface area (Å²) in [4.78, 5) is 29.2. The van der Waals surface area contributed by atoms with Gasteiger partial charge < -0.3 is 10.2 Å². The molecule has 4 rings (SSSR count). The second kappa shape index (κ2) is 12.7. The summed E-state index contributed by atoms with van der Waals surface area (Å²) in [6.45, 7) is 2.41. The van der Waals surface area contributed by atoms with Crippen LogP contribution in [-0.4, -0.2) is 29.8 Å². The third-order valence-electron chi connectivity index (χ3n) is 6.90. The Bertz CT molecular complexity index is 1250. The largest absolute Gasteiger partial charge is 0.357 e. The first kappa shape index (κ1) is 25.9. The number of likely N-dealkylation sites (N-methyl/N-ethyl adjacent to an activating group) is 1. The van der Waals surface area contributed by atoms with Crippen molar-refractivity contribution >= 4 is 11.8 Å². The van der Waals surface area contributed by atoms with Gasteiger partial charge in [0.15, 0.2) is 0 Å². The van der Waals surface area contributed by atoms with E-state index in [1.807, 2.05) is 97.9 Å². The van der Waals surface area contributed by atoms with Gasteiger partial charge >= 0.3 is 0 Å². The van der Waals surface area contributed by atoms with E-state index >= 15 is 0 Å². The Hall–Kier alpha value is -4.18. The highest BCUT2D eigenvalue weighted by Crippen LogP contribution is 2.30. The Morgan fingerprint density at radius 1 is 0.730 bits per heavy atom. The number of benzene rings is 4. The molecule has 0 radical (unpaired) electrons. The molecule has 0 spiro atoms. The van der Waals surface area contributed by atoms with Crippen molar-refractivity contribution in [3.05, 3.63) is 143 Å². The molecule has 0 aliphatic heterocycles. The van der Waals surface area contributed by atoms with E-state index in [0.717, 1.165) is 27.8 Å². The standard InChI is InChI=1S/C33H34N2O2/c1-25-14-12-13-21-29(25)24-35(31(33(37)34-2)22-26-15-6-3-7-16-26)32(36)23-30(27-17-8-4-9-18-27)28-19-10-5-11-20-28/h3-21,30-31H,22-24H2,1-2H3,(H,34,37). The number of nitrogens with zero attached hydrogens (tertiary/aromatic N) is 1. The molecule has 0 aliphatic carbocycles. The molecule has 0 fully saturated rings. The number of rotatable bonds is 10. The normalized spacial score (nSPS) is 11.6. The van der Waals surface area contributed by atoms with Gasteiger partial charge in [0.05, 0.1) is 0 Å². The van der Waals surface area contributed by atoms with Gasteiger partial charge in [0, 0.05) is 32.4 Å². The third-order valence-corrected chi connectivity index (χ3v) is 6.90. The molecule has 0 bridgehead atoms. The zero-order chi connectivity index (χ0) is 26.0. The molecule has 0 heterocycles. The molecule has 1 N–H and O–H groups in total. The van der Waals surface area contributed by atoms with Gasteiger partial charge in [-0.05, 0) is 34.7 Å². The number of hydrogen-bond acceptors (Lipinski definition) is 2. The Morgan fingerprint density at radius 3 is 1.78 bits per heavy atom. The zero-order valence-corrected chi connectivity index (χ0v) is 21.5. The van der Waals surface area contributed by atoms with Crippen molar-refractivity contribution < 1.29 is 9.59 Å². The number of carbonyl (C=O) groups is 2. The Morgan fingerprint density at radius 2 is 1.24 bits per heavy atom. The van der Waals surface area contributed by atoms with E-state index in [4.69, 9.17) is 0 Å². The first-order chi connectivity index (χ1) is 18.1. The number of amides is 2. The van der Waals surface area contributed by atoms with Crippen molar-refractivity contribution in [2.24, 2.45) is 0 Å². The summed E-state index contributed by atoms with van der Waals surface area (Å²) >= 11 is 0. The van der Waals surface area contributed by atoms with Crippen LogP contribution < -0.4 is 5.32 Å². The van der Waals surface area contributed by atoms with Crippen LogP contribution in [0.25, 0.3) is 0 Å². The van der Waals surface area contributed by atoms with Crippen LogP contribution in [0.1, 0.15) is 40.2 Å². The maximum atomic E-state index is 14.2. The van der Waals surface area contributed by atoms with Crippen molar-refractivity contribution in [2.45, 2.75) is 38.3 Å². The van der Waals surface area contributed by atoms with E-state index in [9.17, 15) is 9.59 Å². The van der Waals surface area contributed by atoms with Gasteiger partial charge in [0.2, 0.25) is 11.8 Å². The van der Waals surface area contributed by atoms with Crippen LogP contribution >= 0.6 is 0 Å². The van der Waals surface area contributed by atoms with Gasteiger partial charge in [0.25, 0.3) is 0 Å². The summed E-state index contributed by atoms with van der Waals surface area (Å²) < 4.78 is 0. The molecule has 0 saturated heterocycles. The number of nitrogens with one attached hydrogen (secondary N) is 1. The molecule has 4 heteroatoms. The summed E-state index contributed by atoms with van der Waals surface area (Å²) in [5.74, 6) is -0.330. The highest BCUT2D eigenvalue weighted by Gasteiger charge is 2.32. The predicted molar refractivity (Wildman–Crippen MR) is 149 cm³/mol. The molecule has 0 aliphatic rings. The number of aryl methyl sites for hydroxylation is 1. The van der Waals surface area contributed by atoms with Crippen molar-refractivity contribution in [1.82, 2.24) is 10.2 Å². The minimum absolute atomic E-state index is 0.0505. The third kappa shape index (κ3) is 6.73. The van der Waals surface area contributed by atoms with Crippen LogP contribution in [0.3, 0.4) is 0 Å². The number of carbonyl (C=O) groups excluding carboxylic acids is 2. The summed E-state index contributed by atoms with van der Waals surface area (Å²) in [6.07, 6.45) is 0.710. The molecule has 1 unspecified atom stereocenters. The lowest BCUT2D eigenvalue weighted by Crippen LogP contribution is -2.50. The second-order valence-electron chi connectivity index (χ2n) is 9.35. The minimum Gasteiger partial charge on any atom is -0.357 e. The monoisotopic (exact) mass is 490 g/mol. The van der Waals surface area contributed by atoms with E-state index in [1.54, 1.807) is 11.9 Å². The smallest absolute Gasteiger partial charge is 0.242 e. The van der Waals surface area contributed by atoms with Crippen LogP contribution in [0.15, 0.2) is 115 Å². The van der Waals surface area contributed by atoms with E-state index < -0.39 is 6.04 Å². The second-order valence-corrected chi connectivity index (χ2v) is 9.35. The molecule has 0 aromatic heterocycles. The highest BCUT2D eigenvalue weighted by atomic mass is 16.2. The Balaban J connectivity index is 1.72. The van der Waals surface area contributed by atoms with Crippen molar-refractivity contribution in [3.63, 3.8) is 0 Å². The predicted octanol–water partition coefficient (Wildman–Crippen LogP) is 5.90. The van der Waals surface area contributed by atoms with Crippen molar-refractivity contribution in [1.29, 1.82) is 0 Å². The molecule has 37 heavy (non-hydrogen) atoms. The van der Waals surface area contributed by atoms with Crippen molar-refractivity contribution in [2.75, 3.05) is 7.05 Å². The summed E-state index contributed by atoms with van der Waals surface area (Å²) in [6, 6.07) is 37.6. The first-order valence-electron chi connectivity index (χ1n) is 12.8. The summed E-state index contributed by atoms with van der Waals surface area (Å²) in [5, 5.41) is 2.80. The van der Waals surface area contributed by atoms with Gasteiger partial charge in [-0.15, -0.1) is 0 Å². The average Bonchev–Trinajstić information content (AvgIpc) is 2.95. The Kier molecular flexibility index (Phi) is 8.88. The van der Waals surface area contributed by atoms with Gasteiger partial charge in [-0.2, -0.15) is 0 Å². The number of hydrogen-bond donors (Lipinski definition) is 1. The van der Waals surface area contributed by atoms with Gasteiger partial charge in [-0.1, -0.05) is 115 Å². The molecule has 4 nitrogen and oxygen atoms in total. The van der Waals surface area contributed by atoms with Gasteiger partial charge in [-0.25, -0.2) is 0 Å². The molecule has 1 atom stereocenters. The molecule has 0 saturated carbocycles. The SMILES string of the molecule is CNC(=O)C(Cc1ccccc1)N(Cc1ccccc1C)C(=O)CC(c1ccccc1)c1ccccc1.